The van der Waals surface area contributed by atoms with E-state index >= 15 is 0 Å². The fourth-order valence-electron chi connectivity index (χ4n) is 4.34. The largest absolute Gasteiger partial charge is 0.359 e. The van der Waals surface area contributed by atoms with Crippen LogP contribution in [0.25, 0.3) is 34.0 Å². The van der Waals surface area contributed by atoms with E-state index < -0.39 is 23.9 Å². The van der Waals surface area contributed by atoms with Crippen molar-refractivity contribution in [1.82, 2.24) is 39.8 Å². The lowest BCUT2D eigenvalue weighted by Gasteiger charge is -2.26. The predicted molar refractivity (Wildman–Crippen MR) is 128 cm³/mol. The van der Waals surface area contributed by atoms with Gasteiger partial charge in [0.15, 0.2) is 0 Å². The number of hydrazine groups is 1. The van der Waals surface area contributed by atoms with Crippen LogP contribution in [0.3, 0.4) is 0 Å². The molecule has 12 nitrogen and oxygen atoms in total. The van der Waals surface area contributed by atoms with Gasteiger partial charge in [-0.25, -0.2) is 9.59 Å². The molecular weight excluding hydrogens is 464 g/mol. The molecular formula is C24H18N8O4. The summed E-state index contributed by atoms with van der Waals surface area (Å²) in [4.78, 5) is 68.8. The van der Waals surface area contributed by atoms with Gasteiger partial charge < -0.3 is 9.97 Å². The zero-order chi connectivity index (χ0) is 25.1. The Kier molecular flexibility index (Phi) is 4.51. The van der Waals surface area contributed by atoms with E-state index in [1.807, 2.05) is 0 Å². The Morgan fingerprint density at radius 2 is 1.11 bits per heavy atom. The fourth-order valence-corrected chi connectivity index (χ4v) is 4.34. The molecule has 2 aliphatic heterocycles. The van der Waals surface area contributed by atoms with Crippen LogP contribution < -0.4 is 0 Å². The van der Waals surface area contributed by atoms with Crippen LogP contribution in [0.1, 0.15) is 11.1 Å². The van der Waals surface area contributed by atoms with E-state index in [1.165, 1.54) is 26.2 Å². The van der Waals surface area contributed by atoms with Crippen LogP contribution in [0, 0.1) is 0 Å². The van der Waals surface area contributed by atoms with Gasteiger partial charge in [0.05, 0.1) is 23.4 Å². The minimum absolute atomic E-state index is 0.0781. The van der Waals surface area contributed by atoms with E-state index in [9.17, 15) is 19.2 Å². The SMILES string of the molecule is CN1C(=O)/C(=C/c2c[nH]c3cnccc23)N(N2C(=O)N(C)C(=O)/C2=C/c2c[nH]c3cnccc23)C1=O. The number of carbonyl (C=O) groups excluding carboxylic acids is 4. The quantitative estimate of drug-likeness (QED) is 0.340. The van der Waals surface area contributed by atoms with Crippen LogP contribution in [0.4, 0.5) is 9.59 Å². The van der Waals surface area contributed by atoms with Crippen LogP contribution in [0.5, 0.6) is 0 Å². The zero-order valence-corrected chi connectivity index (χ0v) is 19.1. The molecule has 6 heterocycles. The first kappa shape index (κ1) is 21.3. The average Bonchev–Trinajstić information content (AvgIpc) is 3.60. The second kappa shape index (κ2) is 7.63. The van der Waals surface area contributed by atoms with Crippen LogP contribution >= 0.6 is 0 Å². The minimum Gasteiger partial charge on any atom is -0.359 e. The lowest BCUT2D eigenvalue weighted by atomic mass is 10.1. The highest BCUT2D eigenvalue weighted by atomic mass is 16.2. The van der Waals surface area contributed by atoms with E-state index in [-0.39, 0.29) is 11.4 Å². The van der Waals surface area contributed by atoms with Gasteiger partial charge in [0.1, 0.15) is 11.4 Å². The van der Waals surface area contributed by atoms with Gasteiger partial charge in [0.25, 0.3) is 11.8 Å². The van der Waals surface area contributed by atoms with Crippen molar-refractivity contribution < 1.29 is 19.2 Å². The molecule has 12 heteroatoms. The molecule has 2 saturated heterocycles. The molecule has 0 aliphatic carbocycles. The molecule has 2 aliphatic rings. The number of carbonyl (C=O) groups is 4. The number of imide groups is 2. The Morgan fingerprint density at radius 3 is 1.53 bits per heavy atom. The molecule has 2 N–H and O–H groups in total. The van der Waals surface area contributed by atoms with Gasteiger partial charge in [-0.2, -0.15) is 10.0 Å². The van der Waals surface area contributed by atoms with Crippen LogP contribution in [-0.2, 0) is 9.59 Å². The van der Waals surface area contributed by atoms with E-state index in [2.05, 4.69) is 19.9 Å². The Hall–Kier alpha value is -5.26. The topological polar surface area (TPSA) is 139 Å². The second-order valence-electron chi connectivity index (χ2n) is 8.31. The number of fused-ring (bicyclic) bond motifs is 2. The maximum absolute atomic E-state index is 13.2. The highest BCUT2D eigenvalue weighted by molar-refractivity contribution is 6.19. The first-order valence-corrected chi connectivity index (χ1v) is 10.9. The van der Waals surface area contributed by atoms with Crippen molar-refractivity contribution >= 4 is 57.8 Å². The van der Waals surface area contributed by atoms with E-state index in [1.54, 1.807) is 49.3 Å². The zero-order valence-electron chi connectivity index (χ0n) is 19.1. The molecule has 4 aromatic rings. The monoisotopic (exact) mass is 482 g/mol. The Bertz CT molecular complexity index is 1560. The molecule has 6 amide bonds. The standard InChI is InChI=1S/C24H18N8O4/c1-29-21(33)19(7-13-9-27-17-11-25-5-3-15(13)17)31(23(29)35)32-20(22(34)30(2)24(32)36)8-14-10-28-18-12-26-6-4-16(14)18/h3-12,27-28H,1-2H3/b19-7-,20-8-. The number of hydrogen-bond acceptors (Lipinski definition) is 6. The van der Waals surface area contributed by atoms with Gasteiger partial charge in [-0.3, -0.25) is 29.4 Å². The number of hydrogen-bond donors (Lipinski definition) is 2. The number of pyridine rings is 2. The highest BCUT2D eigenvalue weighted by Gasteiger charge is 2.51. The maximum atomic E-state index is 13.2. The first-order chi connectivity index (χ1) is 17.4. The second-order valence-corrected chi connectivity index (χ2v) is 8.31. The fraction of sp³-hybridized carbons (Fsp3) is 0.0833. The molecule has 0 bridgehead atoms. The summed E-state index contributed by atoms with van der Waals surface area (Å²) in [5.74, 6) is -1.23. The van der Waals surface area contributed by atoms with E-state index in [4.69, 9.17) is 0 Å². The third kappa shape index (κ3) is 2.94. The number of aromatic amines is 2. The van der Waals surface area contributed by atoms with Crippen molar-refractivity contribution in [2.24, 2.45) is 0 Å². The number of H-pyrrole nitrogens is 2. The summed E-state index contributed by atoms with van der Waals surface area (Å²) in [6, 6.07) is 2.00. The Balaban J connectivity index is 1.51. The molecule has 0 saturated carbocycles. The van der Waals surface area contributed by atoms with E-state index in [0.29, 0.717) is 11.1 Å². The lowest BCUT2D eigenvalue weighted by Crippen LogP contribution is -2.45. The first-order valence-electron chi connectivity index (χ1n) is 10.9. The summed E-state index contributed by atoms with van der Waals surface area (Å²) in [6.07, 6.45) is 12.9. The highest BCUT2D eigenvalue weighted by Crippen LogP contribution is 2.34. The molecule has 4 aromatic heterocycles. The summed E-state index contributed by atoms with van der Waals surface area (Å²) >= 11 is 0. The van der Waals surface area contributed by atoms with Crippen molar-refractivity contribution in [3.8, 4) is 0 Å². The molecule has 36 heavy (non-hydrogen) atoms. The maximum Gasteiger partial charge on any atom is 0.351 e. The third-order valence-electron chi connectivity index (χ3n) is 6.26. The summed E-state index contributed by atoms with van der Waals surface area (Å²) in [5, 5.41) is 3.43. The van der Waals surface area contributed by atoms with Gasteiger partial charge in [0.2, 0.25) is 0 Å². The number of aromatic nitrogens is 4. The van der Waals surface area contributed by atoms with E-state index in [0.717, 1.165) is 41.6 Å². The molecule has 178 valence electrons. The number of nitrogens with zero attached hydrogens (tertiary/aromatic N) is 6. The van der Waals surface area contributed by atoms with Crippen molar-refractivity contribution in [2.75, 3.05) is 14.1 Å². The van der Waals surface area contributed by atoms with Gasteiger partial charge in [-0.05, 0) is 24.3 Å². The number of rotatable bonds is 3. The van der Waals surface area contributed by atoms with Crippen molar-refractivity contribution in [3.05, 3.63) is 71.8 Å². The molecule has 0 atom stereocenters. The van der Waals surface area contributed by atoms with Crippen molar-refractivity contribution in [1.29, 1.82) is 0 Å². The number of amides is 6. The summed E-state index contributed by atoms with van der Waals surface area (Å²) in [7, 11) is 2.64. The van der Waals surface area contributed by atoms with Crippen LogP contribution in [0.2, 0.25) is 0 Å². The molecule has 6 rings (SSSR count). The molecule has 0 aromatic carbocycles. The predicted octanol–water partition coefficient (Wildman–Crippen LogP) is 2.52. The normalized spacial score (nSPS) is 18.9. The lowest BCUT2D eigenvalue weighted by molar-refractivity contribution is -0.123. The van der Waals surface area contributed by atoms with Gasteiger partial charge in [0, 0.05) is 60.8 Å². The minimum atomic E-state index is -0.766. The van der Waals surface area contributed by atoms with Gasteiger partial charge in [-0.15, -0.1) is 0 Å². The smallest absolute Gasteiger partial charge is 0.351 e. The summed E-state index contributed by atoms with van der Waals surface area (Å²) in [5.41, 5.74) is 2.55. The summed E-state index contributed by atoms with van der Waals surface area (Å²) < 4.78 is 0. The molecule has 0 radical (unpaired) electrons. The summed E-state index contributed by atoms with van der Waals surface area (Å²) in [6.45, 7) is 0. The number of nitrogens with one attached hydrogen (secondary N) is 2. The van der Waals surface area contributed by atoms with Crippen molar-refractivity contribution in [2.45, 2.75) is 0 Å². The molecule has 0 unspecified atom stereocenters. The third-order valence-corrected chi connectivity index (χ3v) is 6.26. The molecule has 2 fully saturated rings. The van der Waals surface area contributed by atoms with Crippen molar-refractivity contribution in [3.63, 3.8) is 0 Å². The van der Waals surface area contributed by atoms with Crippen LogP contribution in [-0.4, -0.2) is 77.7 Å². The van der Waals surface area contributed by atoms with Gasteiger partial charge in [-0.1, -0.05) is 0 Å². The Morgan fingerprint density at radius 1 is 0.694 bits per heavy atom. The number of likely N-dealkylation sites (N-methyl/N-ethyl adjacent to an activating group) is 2. The average molecular weight is 482 g/mol. The van der Waals surface area contributed by atoms with Crippen LogP contribution in [0.15, 0.2) is 60.7 Å². The van der Waals surface area contributed by atoms with Gasteiger partial charge >= 0.3 is 12.1 Å². The molecule has 0 spiro atoms. The Labute approximate surface area is 203 Å². The number of urea groups is 2.